The first kappa shape index (κ1) is 8.28. The summed E-state index contributed by atoms with van der Waals surface area (Å²) in [4.78, 5) is 22.2. The summed E-state index contributed by atoms with van der Waals surface area (Å²) in [5.41, 5.74) is 0. The fourth-order valence-corrected chi connectivity index (χ4v) is 2.58. The van der Waals surface area contributed by atoms with Crippen molar-refractivity contribution in [1.29, 1.82) is 0 Å². The standard InChI is InChI=1S/C8H5BrO5/c9-3-1-2-4-6(14-8(11)13-4)5(3)12-7(2)10/h1-2,4-6H/t2-,4+,5+,6+/m0/s1. The van der Waals surface area contributed by atoms with E-state index in [0.717, 1.165) is 4.48 Å². The molecule has 74 valence electrons. The Kier molecular flexibility index (Phi) is 1.48. The maximum Gasteiger partial charge on any atom is 0.509 e. The summed E-state index contributed by atoms with van der Waals surface area (Å²) in [7, 11) is 0. The smallest absolute Gasteiger partial charge is 0.452 e. The van der Waals surface area contributed by atoms with E-state index >= 15 is 0 Å². The summed E-state index contributed by atoms with van der Waals surface area (Å²) in [5.74, 6) is -0.899. The summed E-state index contributed by atoms with van der Waals surface area (Å²) in [6.07, 6.45) is -0.577. The van der Waals surface area contributed by atoms with Gasteiger partial charge in [0.05, 0.1) is 0 Å². The molecule has 0 unspecified atom stereocenters. The zero-order valence-electron chi connectivity index (χ0n) is 6.81. The number of halogens is 1. The van der Waals surface area contributed by atoms with Gasteiger partial charge in [0.15, 0.2) is 18.3 Å². The highest BCUT2D eigenvalue weighted by Gasteiger charge is 2.57. The van der Waals surface area contributed by atoms with Crippen molar-refractivity contribution in [2.24, 2.45) is 5.92 Å². The molecular formula is C8H5BrO5. The molecule has 0 spiro atoms. The summed E-state index contributed by atoms with van der Waals surface area (Å²) in [6, 6.07) is 0. The quantitative estimate of drug-likeness (QED) is 0.601. The van der Waals surface area contributed by atoms with Gasteiger partial charge in [-0.25, -0.2) is 4.79 Å². The molecule has 0 amide bonds. The Labute approximate surface area is 87.1 Å². The largest absolute Gasteiger partial charge is 0.509 e. The molecule has 4 atom stereocenters. The molecule has 4 rings (SSSR count). The van der Waals surface area contributed by atoms with Crippen molar-refractivity contribution in [2.75, 3.05) is 0 Å². The normalized spacial score (nSPS) is 43.6. The molecule has 1 aliphatic carbocycles. The first-order valence-corrected chi connectivity index (χ1v) is 4.91. The van der Waals surface area contributed by atoms with Gasteiger partial charge in [0, 0.05) is 4.48 Å². The van der Waals surface area contributed by atoms with Crippen molar-refractivity contribution < 1.29 is 23.8 Å². The fourth-order valence-electron chi connectivity index (χ4n) is 1.94. The van der Waals surface area contributed by atoms with Gasteiger partial charge in [0.2, 0.25) is 0 Å². The Balaban J connectivity index is 2.04. The first-order valence-electron chi connectivity index (χ1n) is 4.12. The zero-order valence-corrected chi connectivity index (χ0v) is 8.39. The van der Waals surface area contributed by atoms with Crippen LogP contribution in [0.3, 0.4) is 0 Å². The Morgan fingerprint density at radius 3 is 2.64 bits per heavy atom. The molecule has 4 aliphatic rings. The average molecular weight is 261 g/mol. The number of rotatable bonds is 0. The molecule has 0 radical (unpaired) electrons. The molecule has 14 heavy (non-hydrogen) atoms. The van der Waals surface area contributed by atoms with Gasteiger partial charge in [0.1, 0.15) is 5.92 Å². The summed E-state index contributed by atoms with van der Waals surface area (Å²) < 4.78 is 15.6. The Morgan fingerprint density at radius 2 is 1.86 bits per heavy atom. The molecule has 2 bridgehead atoms. The Morgan fingerprint density at radius 1 is 1.14 bits per heavy atom. The Bertz CT molecular complexity index is 363. The third kappa shape index (κ3) is 0.890. The molecular weight excluding hydrogens is 256 g/mol. The SMILES string of the molecule is O=C1O[C@@H]2[C@H](O1)[C@@H]1C=C(Br)[C@H]2OC1=O. The van der Waals surface area contributed by atoms with Gasteiger partial charge < -0.3 is 14.2 Å². The maximum absolute atomic E-state index is 11.3. The zero-order chi connectivity index (χ0) is 9.87. The van der Waals surface area contributed by atoms with E-state index in [0.29, 0.717) is 0 Å². The van der Waals surface area contributed by atoms with Crippen LogP contribution in [0.2, 0.25) is 0 Å². The second-order valence-corrected chi connectivity index (χ2v) is 4.27. The molecule has 2 saturated heterocycles. The second-order valence-electron chi connectivity index (χ2n) is 3.35. The number of fused-ring (bicyclic) bond motifs is 1. The number of ether oxygens (including phenoxy) is 3. The van der Waals surface area contributed by atoms with Crippen LogP contribution in [-0.2, 0) is 19.0 Å². The minimum Gasteiger partial charge on any atom is -0.452 e. The van der Waals surface area contributed by atoms with E-state index in [1.165, 1.54) is 0 Å². The molecule has 6 heteroatoms. The third-order valence-electron chi connectivity index (χ3n) is 2.57. The molecule has 5 nitrogen and oxygen atoms in total. The first-order chi connectivity index (χ1) is 6.66. The lowest BCUT2D eigenvalue weighted by Gasteiger charge is -2.37. The highest BCUT2D eigenvalue weighted by Crippen LogP contribution is 2.42. The number of carbonyl (C=O) groups excluding carboxylic acids is 2. The fraction of sp³-hybridized carbons (Fsp3) is 0.500. The van der Waals surface area contributed by atoms with Crippen LogP contribution in [0, 0.1) is 5.92 Å². The molecule has 0 N–H and O–H groups in total. The van der Waals surface area contributed by atoms with Gasteiger partial charge in [-0.3, -0.25) is 4.79 Å². The van der Waals surface area contributed by atoms with E-state index in [4.69, 9.17) is 14.2 Å². The van der Waals surface area contributed by atoms with Crippen LogP contribution in [0.4, 0.5) is 4.79 Å². The van der Waals surface area contributed by atoms with Crippen LogP contribution in [0.5, 0.6) is 0 Å². The maximum atomic E-state index is 11.3. The molecule has 3 heterocycles. The molecule has 2 fully saturated rings. The topological polar surface area (TPSA) is 61.8 Å². The van der Waals surface area contributed by atoms with Gasteiger partial charge in [-0.15, -0.1) is 0 Å². The van der Waals surface area contributed by atoms with Crippen LogP contribution in [-0.4, -0.2) is 30.4 Å². The lowest BCUT2D eigenvalue weighted by Crippen LogP contribution is -2.53. The van der Waals surface area contributed by atoms with Crippen molar-refractivity contribution in [3.8, 4) is 0 Å². The number of hydrogen-bond donors (Lipinski definition) is 0. The average Bonchev–Trinajstić information content (AvgIpc) is 2.50. The predicted molar refractivity (Wildman–Crippen MR) is 45.5 cm³/mol. The molecule has 0 aromatic heterocycles. The molecule has 0 aromatic rings. The molecule has 0 saturated carbocycles. The van der Waals surface area contributed by atoms with E-state index in [-0.39, 0.29) is 5.97 Å². The van der Waals surface area contributed by atoms with Crippen molar-refractivity contribution >= 4 is 28.1 Å². The van der Waals surface area contributed by atoms with Gasteiger partial charge in [0.25, 0.3) is 0 Å². The molecule has 0 aromatic carbocycles. The van der Waals surface area contributed by atoms with Crippen molar-refractivity contribution in [3.63, 3.8) is 0 Å². The van der Waals surface area contributed by atoms with E-state index < -0.39 is 30.4 Å². The van der Waals surface area contributed by atoms with Gasteiger partial charge in [-0.1, -0.05) is 22.0 Å². The monoisotopic (exact) mass is 260 g/mol. The summed E-state index contributed by atoms with van der Waals surface area (Å²) >= 11 is 3.27. The van der Waals surface area contributed by atoms with E-state index in [9.17, 15) is 9.59 Å². The van der Waals surface area contributed by atoms with Crippen molar-refractivity contribution in [3.05, 3.63) is 10.6 Å². The number of esters is 1. The van der Waals surface area contributed by atoms with E-state index in [1.807, 2.05) is 0 Å². The third-order valence-corrected chi connectivity index (χ3v) is 3.28. The summed E-state index contributed by atoms with van der Waals surface area (Å²) in [6.45, 7) is 0. The van der Waals surface area contributed by atoms with Crippen molar-refractivity contribution in [2.45, 2.75) is 18.3 Å². The highest BCUT2D eigenvalue weighted by molar-refractivity contribution is 9.11. The van der Waals surface area contributed by atoms with Crippen LogP contribution in [0.1, 0.15) is 0 Å². The number of hydrogen-bond acceptors (Lipinski definition) is 5. The lowest BCUT2D eigenvalue weighted by atomic mass is 9.85. The Hall–Kier alpha value is -1.04. The highest BCUT2D eigenvalue weighted by atomic mass is 79.9. The minimum absolute atomic E-state index is 0.363. The summed E-state index contributed by atoms with van der Waals surface area (Å²) in [5, 5.41) is 0. The predicted octanol–water partition coefficient (Wildman–Crippen LogP) is 0.724. The van der Waals surface area contributed by atoms with Gasteiger partial charge in [-0.05, 0) is 0 Å². The van der Waals surface area contributed by atoms with Gasteiger partial charge in [-0.2, -0.15) is 0 Å². The van der Waals surface area contributed by atoms with Crippen LogP contribution in [0.15, 0.2) is 10.6 Å². The van der Waals surface area contributed by atoms with E-state index in [1.54, 1.807) is 6.08 Å². The van der Waals surface area contributed by atoms with Crippen LogP contribution >= 0.6 is 15.9 Å². The number of carbonyl (C=O) groups is 2. The minimum atomic E-state index is -0.732. The molecule has 3 aliphatic heterocycles. The van der Waals surface area contributed by atoms with Gasteiger partial charge >= 0.3 is 12.1 Å². The second kappa shape index (κ2) is 2.50. The van der Waals surface area contributed by atoms with Crippen molar-refractivity contribution in [1.82, 2.24) is 0 Å². The van der Waals surface area contributed by atoms with E-state index in [2.05, 4.69) is 15.9 Å². The van der Waals surface area contributed by atoms with Crippen LogP contribution < -0.4 is 0 Å². The van der Waals surface area contributed by atoms with Crippen LogP contribution in [0.25, 0.3) is 0 Å². The lowest BCUT2D eigenvalue weighted by molar-refractivity contribution is -0.171.